The van der Waals surface area contributed by atoms with Crippen LogP contribution in [0.25, 0.3) is 0 Å². The normalized spacial score (nSPS) is 14.1. The third-order valence-electron chi connectivity index (χ3n) is 3.18. The Kier molecular flexibility index (Phi) is 4.09. The number of fused-ring (bicyclic) bond motifs is 1. The summed E-state index contributed by atoms with van der Waals surface area (Å²) in [5.74, 6) is -1.15. The minimum atomic E-state index is -3.46. The summed E-state index contributed by atoms with van der Waals surface area (Å²) in [7, 11) is -3.46. The van der Waals surface area contributed by atoms with Crippen molar-refractivity contribution >= 4 is 21.7 Å². The van der Waals surface area contributed by atoms with Crippen LogP contribution >= 0.6 is 0 Å². The monoisotopic (exact) mass is 283 g/mol. The van der Waals surface area contributed by atoms with E-state index in [9.17, 15) is 13.2 Å². The molecule has 0 radical (unpaired) electrons. The molecule has 1 aliphatic carbocycles. The molecule has 0 saturated heterocycles. The average molecular weight is 283 g/mol. The van der Waals surface area contributed by atoms with Crippen LogP contribution in [0.2, 0.25) is 0 Å². The van der Waals surface area contributed by atoms with Crippen LogP contribution in [0.15, 0.2) is 18.2 Å². The Hall–Kier alpha value is -1.56. The first-order chi connectivity index (χ1) is 8.96. The van der Waals surface area contributed by atoms with Crippen molar-refractivity contribution in [3.05, 3.63) is 29.3 Å². The summed E-state index contributed by atoms with van der Waals surface area (Å²) in [6, 6.07) is 5.59. The van der Waals surface area contributed by atoms with Gasteiger partial charge in [-0.25, -0.2) is 8.42 Å². The fraction of sp³-hybridized carbons (Fsp3) is 0.462. The summed E-state index contributed by atoms with van der Waals surface area (Å²) in [5, 5.41) is 8.49. The van der Waals surface area contributed by atoms with Gasteiger partial charge in [-0.1, -0.05) is 6.07 Å². The predicted octanol–water partition coefficient (Wildman–Crippen LogP) is 1.78. The molecule has 0 aromatic heterocycles. The van der Waals surface area contributed by atoms with E-state index in [0.29, 0.717) is 5.69 Å². The van der Waals surface area contributed by atoms with E-state index in [1.165, 1.54) is 11.1 Å². The van der Waals surface area contributed by atoms with Crippen molar-refractivity contribution in [3.8, 4) is 0 Å². The summed E-state index contributed by atoms with van der Waals surface area (Å²) in [6.45, 7) is 0. The number of rotatable bonds is 6. The van der Waals surface area contributed by atoms with E-state index in [-0.39, 0.29) is 18.6 Å². The molecule has 0 bridgehead atoms. The molecule has 1 aliphatic rings. The molecule has 0 heterocycles. The molecule has 0 unspecified atom stereocenters. The standard InChI is InChI=1S/C13H17NO4S/c15-13(16)5-2-8-19(17,18)14-12-7-6-10-3-1-4-11(10)9-12/h6-7,9,14H,1-5,8H2,(H,15,16). The van der Waals surface area contributed by atoms with Crippen molar-refractivity contribution in [3.63, 3.8) is 0 Å². The Labute approximate surface area is 112 Å². The average Bonchev–Trinajstić information content (AvgIpc) is 2.74. The molecule has 0 amide bonds. The molecular weight excluding hydrogens is 266 g/mol. The van der Waals surface area contributed by atoms with Gasteiger partial charge < -0.3 is 5.11 Å². The zero-order valence-electron chi connectivity index (χ0n) is 10.6. The largest absolute Gasteiger partial charge is 0.481 e. The molecule has 6 heteroatoms. The van der Waals surface area contributed by atoms with Crippen LogP contribution in [0.5, 0.6) is 0 Å². The van der Waals surface area contributed by atoms with Crippen LogP contribution in [0, 0.1) is 0 Å². The number of sulfonamides is 1. The van der Waals surface area contributed by atoms with E-state index in [0.717, 1.165) is 19.3 Å². The maximum Gasteiger partial charge on any atom is 0.303 e. The van der Waals surface area contributed by atoms with E-state index in [4.69, 9.17) is 5.11 Å². The molecule has 5 nitrogen and oxygen atoms in total. The highest BCUT2D eigenvalue weighted by molar-refractivity contribution is 7.92. The van der Waals surface area contributed by atoms with Crippen LogP contribution < -0.4 is 4.72 Å². The molecule has 0 atom stereocenters. The Morgan fingerprint density at radius 1 is 1.26 bits per heavy atom. The van der Waals surface area contributed by atoms with Gasteiger partial charge in [0.25, 0.3) is 0 Å². The lowest BCUT2D eigenvalue weighted by atomic mass is 10.1. The number of aryl methyl sites for hydroxylation is 2. The number of nitrogens with one attached hydrogen (secondary N) is 1. The van der Waals surface area contributed by atoms with Crippen LogP contribution in [-0.4, -0.2) is 25.2 Å². The van der Waals surface area contributed by atoms with Gasteiger partial charge in [0.05, 0.1) is 5.75 Å². The number of aliphatic carboxylic acids is 1. The van der Waals surface area contributed by atoms with Crippen molar-refractivity contribution in [2.45, 2.75) is 32.1 Å². The van der Waals surface area contributed by atoms with Crippen LogP contribution in [0.1, 0.15) is 30.4 Å². The van der Waals surface area contributed by atoms with Crippen molar-refractivity contribution in [1.82, 2.24) is 0 Å². The zero-order valence-corrected chi connectivity index (χ0v) is 11.4. The first kappa shape index (κ1) is 13.9. The first-order valence-electron chi connectivity index (χ1n) is 6.30. The number of hydrogen-bond acceptors (Lipinski definition) is 3. The van der Waals surface area contributed by atoms with Crippen molar-refractivity contribution in [2.75, 3.05) is 10.5 Å². The summed E-state index contributed by atoms with van der Waals surface area (Å²) in [5.41, 5.74) is 3.05. The highest BCUT2D eigenvalue weighted by Gasteiger charge is 2.14. The summed E-state index contributed by atoms with van der Waals surface area (Å²) in [4.78, 5) is 10.4. The molecule has 104 valence electrons. The Balaban J connectivity index is 1.98. The molecule has 19 heavy (non-hydrogen) atoms. The molecule has 0 spiro atoms. The number of carboxylic acid groups (broad SMARTS) is 1. The van der Waals surface area contributed by atoms with Crippen LogP contribution in [0.4, 0.5) is 5.69 Å². The topological polar surface area (TPSA) is 83.5 Å². The summed E-state index contributed by atoms with van der Waals surface area (Å²) in [6.07, 6.45) is 3.15. The minimum absolute atomic E-state index is 0.121. The van der Waals surface area contributed by atoms with Gasteiger partial charge >= 0.3 is 5.97 Å². The van der Waals surface area contributed by atoms with Gasteiger partial charge in [-0.2, -0.15) is 0 Å². The SMILES string of the molecule is O=C(O)CCCS(=O)(=O)Nc1ccc2c(c1)CCC2. The zero-order chi connectivity index (χ0) is 13.9. The molecule has 1 aromatic carbocycles. The predicted molar refractivity (Wildman–Crippen MR) is 72.7 cm³/mol. The van der Waals surface area contributed by atoms with Gasteiger partial charge in [0.2, 0.25) is 10.0 Å². The number of hydrogen-bond donors (Lipinski definition) is 2. The Morgan fingerprint density at radius 3 is 2.74 bits per heavy atom. The maximum atomic E-state index is 11.8. The minimum Gasteiger partial charge on any atom is -0.481 e. The third-order valence-corrected chi connectivity index (χ3v) is 4.55. The van der Waals surface area contributed by atoms with Crippen LogP contribution in [-0.2, 0) is 27.7 Å². The van der Waals surface area contributed by atoms with E-state index < -0.39 is 16.0 Å². The fourth-order valence-electron chi connectivity index (χ4n) is 2.28. The van der Waals surface area contributed by atoms with Crippen molar-refractivity contribution in [1.29, 1.82) is 0 Å². The first-order valence-corrected chi connectivity index (χ1v) is 7.95. The van der Waals surface area contributed by atoms with Gasteiger partial charge in [0.15, 0.2) is 0 Å². The number of carboxylic acids is 1. The van der Waals surface area contributed by atoms with E-state index in [1.807, 2.05) is 12.1 Å². The van der Waals surface area contributed by atoms with Crippen molar-refractivity contribution in [2.24, 2.45) is 0 Å². The quantitative estimate of drug-likeness (QED) is 0.833. The second-order valence-corrected chi connectivity index (χ2v) is 6.60. The smallest absolute Gasteiger partial charge is 0.303 e. The maximum absolute atomic E-state index is 11.8. The van der Waals surface area contributed by atoms with Gasteiger partial charge in [0.1, 0.15) is 0 Å². The van der Waals surface area contributed by atoms with Gasteiger partial charge in [-0.15, -0.1) is 0 Å². The van der Waals surface area contributed by atoms with Gasteiger partial charge in [-0.05, 0) is 48.9 Å². The number of benzene rings is 1. The Morgan fingerprint density at radius 2 is 2.00 bits per heavy atom. The third kappa shape index (κ3) is 3.96. The molecule has 0 fully saturated rings. The fourth-order valence-corrected chi connectivity index (χ4v) is 3.39. The molecule has 0 aliphatic heterocycles. The Bertz CT molecular complexity index is 580. The molecule has 2 rings (SSSR count). The number of carbonyl (C=O) groups is 1. The lowest BCUT2D eigenvalue weighted by Gasteiger charge is -2.09. The second kappa shape index (κ2) is 5.61. The summed E-state index contributed by atoms with van der Waals surface area (Å²) >= 11 is 0. The highest BCUT2D eigenvalue weighted by atomic mass is 32.2. The van der Waals surface area contributed by atoms with Crippen molar-refractivity contribution < 1.29 is 18.3 Å². The highest BCUT2D eigenvalue weighted by Crippen LogP contribution is 2.25. The van der Waals surface area contributed by atoms with Gasteiger partial charge in [-0.3, -0.25) is 9.52 Å². The molecular formula is C13H17NO4S. The van der Waals surface area contributed by atoms with E-state index in [2.05, 4.69) is 4.72 Å². The lowest BCUT2D eigenvalue weighted by molar-refractivity contribution is -0.137. The van der Waals surface area contributed by atoms with Crippen LogP contribution in [0.3, 0.4) is 0 Å². The molecule has 2 N–H and O–H groups in total. The van der Waals surface area contributed by atoms with E-state index in [1.54, 1.807) is 6.07 Å². The number of anilines is 1. The lowest BCUT2D eigenvalue weighted by Crippen LogP contribution is -2.17. The van der Waals surface area contributed by atoms with Gasteiger partial charge in [0, 0.05) is 12.1 Å². The molecule has 0 saturated carbocycles. The molecule has 1 aromatic rings. The summed E-state index contributed by atoms with van der Waals surface area (Å²) < 4.78 is 26.1. The second-order valence-electron chi connectivity index (χ2n) is 4.76. The van der Waals surface area contributed by atoms with E-state index >= 15 is 0 Å².